The zero-order valence-electron chi connectivity index (χ0n) is 10.9. The number of carbonyl (C=O) groups excluding carboxylic acids is 1. The summed E-state index contributed by atoms with van der Waals surface area (Å²) in [4.78, 5) is 12.0. The topological polar surface area (TPSA) is 64.3 Å². The Morgan fingerprint density at radius 1 is 1.47 bits per heavy atom. The van der Waals surface area contributed by atoms with Crippen LogP contribution in [0.4, 0.5) is 4.39 Å². The summed E-state index contributed by atoms with van der Waals surface area (Å²) in [5.41, 5.74) is 6.78. The van der Waals surface area contributed by atoms with Crippen LogP contribution in [0.15, 0.2) is 24.3 Å². The highest BCUT2D eigenvalue weighted by Gasteiger charge is 2.31. The summed E-state index contributed by atoms with van der Waals surface area (Å²) in [7, 11) is 0. The first-order valence-corrected chi connectivity index (χ1v) is 6.44. The van der Waals surface area contributed by atoms with E-state index in [2.05, 4.69) is 5.32 Å². The van der Waals surface area contributed by atoms with Crippen molar-refractivity contribution in [2.75, 3.05) is 13.2 Å². The van der Waals surface area contributed by atoms with E-state index in [0.717, 1.165) is 5.56 Å². The quantitative estimate of drug-likeness (QED) is 0.849. The van der Waals surface area contributed by atoms with Crippen LogP contribution in [0.2, 0.25) is 0 Å². The molecule has 1 aromatic rings. The molecule has 1 aliphatic rings. The van der Waals surface area contributed by atoms with Crippen LogP contribution in [0, 0.1) is 11.7 Å². The first-order chi connectivity index (χ1) is 9.06. The molecule has 104 valence electrons. The molecule has 5 heteroatoms. The number of amides is 1. The highest BCUT2D eigenvalue weighted by atomic mass is 19.1. The van der Waals surface area contributed by atoms with E-state index < -0.39 is 0 Å². The lowest BCUT2D eigenvalue weighted by molar-refractivity contribution is -0.125. The van der Waals surface area contributed by atoms with Gasteiger partial charge in [0, 0.05) is 12.1 Å². The lowest BCUT2D eigenvalue weighted by Crippen LogP contribution is -2.44. The summed E-state index contributed by atoms with van der Waals surface area (Å²) < 4.78 is 18.0. The maximum absolute atomic E-state index is 12.8. The highest BCUT2D eigenvalue weighted by molar-refractivity contribution is 5.80. The molecule has 0 spiro atoms. The van der Waals surface area contributed by atoms with Crippen LogP contribution < -0.4 is 11.1 Å². The number of rotatable bonds is 4. The normalized spacial score (nSPS) is 24.2. The second-order valence-corrected chi connectivity index (χ2v) is 5.05. The van der Waals surface area contributed by atoms with Crippen molar-refractivity contribution in [3.05, 3.63) is 35.6 Å². The van der Waals surface area contributed by atoms with Crippen molar-refractivity contribution in [2.24, 2.45) is 11.7 Å². The summed E-state index contributed by atoms with van der Waals surface area (Å²) in [5.74, 6) is -0.593. The Bertz CT molecular complexity index is 436. The molecular formula is C14H19FN2O2. The van der Waals surface area contributed by atoms with Gasteiger partial charge < -0.3 is 15.8 Å². The number of nitrogens with one attached hydrogen (secondary N) is 1. The fourth-order valence-electron chi connectivity index (χ4n) is 2.22. The highest BCUT2D eigenvalue weighted by Crippen LogP contribution is 2.12. The van der Waals surface area contributed by atoms with E-state index in [-0.39, 0.29) is 29.7 Å². The molecule has 1 heterocycles. The molecule has 0 aliphatic carbocycles. The summed E-state index contributed by atoms with van der Waals surface area (Å²) in [5, 5.41) is 2.92. The fourth-order valence-corrected chi connectivity index (χ4v) is 2.22. The summed E-state index contributed by atoms with van der Waals surface area (Å²) in [6.45, 7) is 2.74. The number of benzene rings is 1. The maximum atomic E-state index is 12.8. The van der Waals surface area contributed by atoms with Gasteiger partial charge in [0.1, 0.15) is 5.82 Å². The van der Waals surface area contributed by atoms with Gasteiger partial charge in [-0.1, -0.05) is 12.1 Å². The molecule has 1 fully saturated rings. The largest absolute Gasteiger partial charge is 0.379 e. The molecule has 3 atom stereocenters. The molecule has 19 heavy (non-hydrogen) atoms. The number of hydrogen-bond donors (Lipinski definition) is 2. The fraction of sp³-hybridized carbons (Fsp3) is 0.500. The van der Waals surface area contributed by atoms with Crippen LogP contribution >= 0.6 is 0 Å². The first kappa shape index (κ1) is 14.0. The molecule has 2 rings (SSSR count). The van der Waals surface area contributed by atoms with E-state index >= 15 is 0 Å². The van der Waals surface area contributed by atoms with Gasteiger partial charge in [0.05, 0.1) is 19.1 Å². The van der Waals surface area contributed by atoms with Gasteiger partial charge in [-0.05, 0) is 31.0 Å². The molecule has 0 radical (unpaired) electrons. The predicted molar refractivity (Wildman–Crippen MR) is 70.0 cm³/mol. The van der Waals surface area contributed by atoms with Gasteiger partial charge in [-0.3, -0.25) is 4.79 Å². The molecule has 0 saturated carbocycles. The van der Waals surface area contributed by atoms with E-state index in [0.29, 0.717) is 19.6 Å². The van der Waals surface area contributed by atoms with E-state index in [1.165, 1.54) is 12.1 Å². The number of halogens is 1. The average Bonchev–Trinajstić information content (AvgIpc) is 2.78. The molecule has 1 amide bonds. The van der Waals surface area contributed by atoms with Crippen LogP contribution in [0.3, 0.4) is 0 Å². The molecule has 3 N–H and O–H groups in total. The van der Waals surface area contributed by atoms with Crippen molar-refractivity contribution >= 4 is 5.91 Å². The summed E-state index contributed by atoms with van der Waals surface area (Å²) >= 11 is 0. The molecule has 1 aromatic carbocycles. The van der Waals surface area contributed by atoms with Gasteiger partial charge in [0.15, 0.2) is 0 Å². The minimum Gasteiger partial charge on any atom is -0.379 e. The molecule has 3 unspecified atom stereocenters. The van der Waals surface area contributed by atoms with Gasteiger partial charge in [-0.2, -0.15) is 0 Å². The number of carbonyl (C=O) groups is 1. The van der Waals surface area contributed by atoms with Crippen molar-refractivity contribution in [1.82, 2.24) is 5.32 Å². The molecular weight excluding hydrogens is 247 g/mol. The average molecular weight is 266 g/mol. The van der Waals surface area contributed by atoms with Crippen LogP contribution in [0.5, 0.6) is 0 Å². The van der Waals surface area contributed by atoms with Crippen LogP contribution in [0.25, 0.3) is 0 Å². The van der Waals surface area contributed by atoms with Crippen molar-refractivity contribution in [1.29, 1.82) is 0 Å². The Morgan fingerprint density at radius 3 is 2.74 bits per heavy atom. The van der Waals surface area contributed by atoms with Crippen molar-refractivity contribution in [2.45, 2.75) is 25.4 Å². The zero-order valence-corrected chi connectivity index (χ0v) is 10.9. The lowest BCUT2D eigenvalue weighted by atomic mass is 10.0. The Hall–Kier alpha value is -1.46. The molecule has 0 bridgehead atoms. The standard InChI is InChI=1S/C14H19FN2O2/c1-9(6-10-2-4-11(15)5-3-10)17-14(18)12-7-19-8-13(12)16/h2-5,9,12-13H,6-8,16H2,1H3,(H,17,18). The Kier molecular flexibility index (Phi) is 4.50. The smallest absolute Gasteiger partial charge is 0.227 e. The van der Waals surface area contributed by atoms with Crippen molar-refractivity contribution in [3.8, 4) is 0 Å². The van der Waals surface area contributed by atoms with Gasteiger partial charge in [-0.25, -0.2) is 4.39 Å². The van der Waals surface area contributed by atoms with Crippen molar-refractivity contribution < 1.29 is 13.9 Å². The lowest BCUT2D eigenvalue weighted by Gasteiger charge is -2.18. The van der Waals surface area contributed by atoms with E-state index in [1.54, 1.807) is 12.1 Å². The van der Waals surface area contributed by atoms with Crippen LogP contribution in [-0.2, 0) is 16.0 Å². The third kappa shape index (κ3) is 3.75. The van der Waals surface area contributed by atoms with Crippen molar-refractivity contribution in [3.63, 3.8) is 0 Å². The second-order valence-electron chi connectivity index (χ2n) is 5.05. The molecule has 1 saturated heterocycles. The minimum atomic E-state index is -0.268. The third-order valence-electron chi connectivity index (χ3n) is 3.31. The van der Waals surface area contributed by atoms with Gasteiger partial charge in [-0.15, -0.1) is 0 Å². The Balaban J connectivity index is 1.85. The van der Waals surface area contributed by atoms with Gasteiger partial charge in [0.2, 0.25) is 5.91 Å². The van der Waals surface area contributed by atoms with E-state index in [9.17, 15) is 9.18 Å². The molecule has 1 aliphatic heterocycles. The third-order valence-corrected chi connectivity index (χ3v) is 3.31. The summed E-state index contributed by atoms with van der Waals surface area (Å²) in [6, 6.07) is 6.05. The second kappa shape index (κ2) is 6.12. The number of hydrogen-bond acceptors (Lipinski definition) is 3. The number of ether oxygens (including phenoxy) is 1. The molecule has 0 aromatic heterocycles. The Morgan fingerprint density at radius 2 is 2.16 bits per heavy atom. The van der Waals surface area contributed by atoms with Gasteiger partial charge in [0.25, 0.3) is 0 Å². The van der Waals surface area contributed by atoms with Crippen LogP contribution in [-0.4, -0.2) is 31.2 Å². The molecule has 4 nitrogen and oxygen atoms in total. The zero-order chi connectivity index (χ0) is 13.8. The van der Waals surface area contributed by atoms with Crippen LogP contribution in [0.1, 0.15) is 12.5 Å². The minimum absolute atomic E-state index is 0.0224. The Labute approximate surface area is 112 Å². The van der Waals surface area contributed by atoms with E-state index in [1.807, 2.05) is 6.92 Å². The van der Waals surface area contributed by atoms with E-state index in [4.69, 9.17) is 10.5 Å². The first-order valence-electron chi connectivity index (χ1n) is 6.44. The predicted octanol–water partition coefficient (Wildman–Crippen LogP) is 0.847. The van der Waals surface area contributed by atoms with Gasteiger partial charge >= 0.3 is 0 Å². The SMILES string of the molecule is CC(Cc1ccc(F)cc1)NC(=O)C1COCC1N. The monoisotopic (exact) mass is 266 g/mol. The maximum Gasteiger partial charge on any atom is 0.227 e. The number of nitrogens with two attached hydrogens (primary N) is 1. The summed E-state index contributed by atoms with van der Waals surface area (Å²) in [6.07, 6.45) is 0.662.